The molecule has 0 radical (unpaired) electrons. The Morgan fingerprint density at radius 1 is 1.07 bits per heavy atom. The van der Waals surface area contributed by atoms with E-state index < -0.39 is 0 Å². The molecule has 0 spiro atoms. The highest BCUT2D eigenvalue weighted by Crippen LogP contribution is 2.31. The summed E-state index contributed by atoms with van der Waals surface area (Å²) in [5.74, 6) is 0. The van der Waals surface area contributed by atoms with Crippen LogP contribution in [0.15, 0.2) is 30.3 Å². The van der Waals surface area contributed by atoms with E-state index in [1.54, 1.807) is 11.1 Å². The van der Waals surface area contributed by atoms with Gasteiger partial charge in [0.15, 0.2) is 0 Å². The Bertz CT molecular complexity index is 528. The summed E-state index contributed by atoms with van der Waals surface area (Å²) < 4.78 is 0. The predicted octanol–water partition coefficient (Wildman–Crippen LogP) is 3.45. The minimum Gasteiger partial charge on any atom is -0.0855 e. The molecule has 2 aromatic rings. The predicted molar refractivity (Wildman–Crippen MR) is 67.7 cm³/mol. The molecule has 0 aliphatic carbocycles. The molecule has 0 saturated carbocycles. The van der Waals surface area contributed by atoms with Crippen molar-refractivity contribution >= 4 is 17.5 Å². The highest BCUT2D eigenvalue weighted by Gasteiger charge is 2.20. The smallest absolute Gasteiger partial charge is 0.0855 e. The van der Waals surface area contributed by atoms with Gasteiger partial charge in [-0.1, -0.05) is 37.2 Å². The van der Waals surface area contributed by atoms with Gasteiger partial charge >= 0.3 is 0 Å². The molecular weight excluding hydrogens is 179 g/mol. The lowest BCUT2D eigenvalue weighted by Gasteiger charge is -2.22. The van der Waals surface area contributed by atoms with Gasteiger partial charge < -0.3 is 0 Å². The van der Waals surface area contributed by atoms with Crippen molar-refractivity contribution in [2.24, 2.45) is 0 Å². The molecule has 0 N–H and O–H groups in total. The van der Waals surface area contributed by atoms with E-state index in [1.807, 2.05) is 0 Å². The maximum absolute atomic E-state index is 2.36. The number of hydrogen-bond donors (Lipinski definition) is 0. The molecular formula is C14H15B. The highest BCUT2D eigenvalue weighted by atomic mass is 14.1. The molecule has 1 heterocycles. The second-order valence-corrected chi connectivity index (χ2v) is 4.89. The molecule has 0 bridgehead atoms. The maximum Gasteiger partial charge on any atom is 0.146 e. The molecule has 0 amide bonds. The average molecular weight is 194 g/mol. The summed E-state index contributed by atoms with van der Waals surface area (Å²) >= 11 is 0. The van der Waals surface area contributed by atoms with E-state index in [1.165, 1.54) is 29.0 Å². The molecule has 0 nitrogen and oxygen atoms in total. The van der Waals surface area contributed by atoms with Gasteiger partial charge in [-0.05, 0) is 47.0 Å². The van der Waals surface area contributed by atoms with Crippen LogP contribution in [0.5, 0.6) is 0 Å². The summed E-state index contributed by atoms with van der Waals surface area (Å²) in [6, 6.07) is 11.2. The minimum absolute atomic E-state index is 0.796. The molecule has 0 saturated heterocycles. The Balaban J connectivity index is 2.43. The lowest BCUT2D eigenvalue weighted by atomic mass is 9.42. The van der Waals surface area contributed by atoms with Crippen molar-refractivity contribution in [3.63, 3.8) is 0 Å². The lowest BCUT2D eigenvalue weighted by molar-refractivity contribution is 1.21. The Morgan fingerprint density at radius 2 is 1.93 bits per heavy atom. The van der Waals surface area contributed by atoms with Crippen LogP contribution >= 0.6 is 0 Å². The quantitative estimate of drug-likeness (QED) is 0.563. The van der Waals surface area contributed by atoms with Crippen LogP contribution in [0.1, 0.15) is 16.7 Å². The van der Waals surface area contributed by atoms with Crippen LogP contribution in [-0.4, -0.2) is 6.71 Å². The Morgan fingerprint density at radius 3 is 2.80 bits per heavy atom. The third kappa shape index (κ3) is 1.30. The fraction of sp³-hybridized carbons (Fsp3) is 0.286. The largest absolute Gasteiger partial charge is 0.146 e. The molecule has 0 aromatic heterocycles. The van der Waals surface area contributed by atoms with Crippen molar-refractivity contribution in [2.45, 2.75) is 26.4 Å². The van der Waals surface area contributed by atoms with Crippen molar-refractivity contribution in [1.82, 2.24) is 0 Å². The van der Waals surface area contributed by atoms with E-state index in [0.717, 1.165) is 6.71 Å². The van der Waals surface area contributed by atoms with Gasteiger partial charge in [0.1, 0.15) is 6.71 Å². The minimum atomic E-state index is 0.796. The van der Waals surface area contributed by atoms with Gasteiger partial charge in [-0.15, -0.1) is 0 Å². The average Bonchev–Trinajstić information content (AvgIpc) is 2.23. The fourth-order valence-electron chi connectivity index (χ4n) is 2.87. The molecule has 0 unspecified atom stereocenters. The van der Waals surface area contributed by atoms with Gasteiger partial charge in [0.05, 0.1) is 0 Å². The first-order valence-electron chi connectivity index (χ1n) is 5.76. The van der Waals surface area contributed by atoms with Gasteiger partial charge in [0.2, 0.25) is 0 Å². The van der Waals surface area contributed by atoms with Crippen molar-refractivity contribution in [3.05, 3.63) is 47.0 Å². The van der Waals surface area contributed by atoms with Gasteiger partial charge in [-0.3, -0.25) is 0 Å². The zero-order valence-electron chi connectivity index (χ0n) is 9.38. The van der Waals surface area contributed by atoms with Crippen molar-refractivity contribution in [3.8, 4) is 0 Å². The Labute approximate surface area is 91.4 Å². The summed E-state index contributed by atoms with van der Waals surface area (Å²) in [5, 5.41) is 2.95. The first-order chi connectivity index (χ1) is 7.25. The Hall–Kier alpha value is -1.24. The van der Waals surface area contributed by atoms with E-state index in [0.29, 0.717) is 0 Å². The first-order valence-corrected chi connectivity index (χ1v) is 5.76. The third-order valence-electron chi connectivity index (χ3n) is 3.59. The van der Waals surface area contributed by atoms with Gasteiger partial charge in [0, 0.05) is 0 Å². The van der Waals surface area contributed by atoms with Crippen LogP contribution in [-0.2, 0) is 12.6 Å². The zero-order valence-corrected chi connectivity index (χ0v) is 9.38. The van der Waals surface area contributed by atoms with Gasteiger partial charge in [-0.2, -0.15) is 0 Å². The van der Waals surface area contributed by atoms with Crippen LogP contribution in [0.4, 0.5) is 0 Å². The third-order valence-corrected chi connectivity index (χ3v) is 3.59. The number of aryl methyl sites for hydroxylation is 1. The highest BCUT2D eigenvalue weighted by molar-refractivity contribution is 6.57. The van der Waals surface area contributed by atoms with Crippen LogP contribution in [0.2, 0.25) is 6.82 Å². The van der Waals surface area contributed by atoms with Crippen LogP contribution < -0.4 is 0 Å². The molecule has 0 fully saturated rings. The molecule has 15 heavy (non-hydrogen) atoms. The molecule has 1 heteroatoms. The number of benzene rings is 2. The standard InChI is InChI=1S/C14H15B/c1-10-6-7-11-4-3-5-12-8-15(2)9-13(10)14(11)12/h3-7H,8-9H2,1-2H3. The second kappa shape index (κ2) is 3.13. The second-order valence-electron chi connectivity index (χ2n) is 4.89. The van der Waals surface area contributed by atoms with E-state index >= 15 is 0 Å². The van der Waals surface area contributed by atoms with Crippen molar-refractivity contribution in [2.75, 3.05) is 0 Å². The molecule has 2 aromatic carbocycles. The summed E-state index contributed by atoms with van der Waals surface area (Å²) in [6.45, 7) is 5.39. The first kappa shape index (κ1) is 9.02. The van der Waals surface area contributed by atoms with E-state index in [-0.39, 0.29) is 0 Å². The zero-order chi connectivity index (χ0) is 10.4. The van der Waals surface area contributed by atoms with Crippen molar-refractivity contribution < 1.29 is 0 Å². The molecule has 0 atom stereocenters. The number of rotatable bonds is 0. The fourth-order valence-corrected chi connectivity index (χ4v) is 2.87. The Kier molecular flexibility index (Phi) is 1.88. The van der Waals surface area contributed by atoms with E-state index in [2.05, 4.69) is 44.1 Å². The molecule has 1 aliphatic heterocycles. The summed E-state index contributed by atoms with van der Waals surface area (Å²) in [7, 11) is 0. The number of hydrogen-bond acceptors (Lipinski definition) is 0. The van der Waals surface area contributed by atoms with Crippen LogP contribution in [0.3, 0.4) is 0 Å². The van der Waals surface area contributed by atoms with Gasteiger partial charge in [-0.25, -0.2) is 0 Å². The summed E-state index contributed by atoms with van der Waals surface area (Å²) in [6.07, 6.45) is 2.49. The van der Waals surface area contributed by atoms with Crippen LogP contribution in [0, 0.1) is 6.92 Å². The summed E-state index contributed by atoms with van der Waals surface area (Å²) in [4.78, 5) is 0. The SMILES string of the molecule is CB1Cc2cccc3ccc(C)c(c23)C1. The summed E-state index contributed by atoms with van der Waals surface area (Å²) in [5.41, 5.74) is 4.59. The monoisotopic (exact) mass is 194 g/mol. The topological polar surface area (TPSA) is 0 Å². The lowest BCUT2D eigenvalue weighted by Crippen LogP contribution is -2.21. The maximum atomic E-state index is 2.36. The molecule has 74 valence electrons. The van der Waals surface area contributed by atoms with Crippen LogP contribution in [0.25, 0.3) is 10.8 Å². The van der Waals surface area contributed by atoms with E-state index in [9.17, 15) is 0 Å². The molecule has 1 aliphatic rings. The normalized spacial score (nSPS) is 14.7. The molecule has 3 rings (SSSR count). The van der Waals surface area contributed by atoms with Crippen molar-refractivity contribution in [1.29, 1.82) is 0 Å². The van der Waals surface area contributed by atoms with E-state index in [4.69, 9.17) is 0 Å². The van der Waals surface area contributed by atoms with Gasteiger partial charge in [0.25, 0.3) is 0 Å².